The van der Waals surface area contributed by atoms with Crippen molar-refractivity contribution in [2.75, 3.05) is 13.7 Å². The van der Waals surface area contributed by atoms with Gasteiger partial charge in [0.15, 0.2) is 0 Å². The molecule has 98 valence electrons. The molecule has 0 aliphatic heterocycles. The zero-order valence-electron chi connectivity index (χ0n) is 10.3. The van der Waals surface area contributed by atoms with Gasteiger partial charge in [-0.05, 0) is 37.5 Å². The molecule has 0 radical (unpaired) electrons. The van der Waals surface area contributed by atoms with Crippen molar-refractivity contribution in [2.45, 2.75) is 24.9 Å². The van der Waals surface area contributed by atoms with Crippen molar-refractivity contribution in [2.24, 2.45) is 0 Å². The van der Waals surface area contributed by atoms with Crippen LogP contribution in [-0.2, 0) is 4.74 Å². The van der Waals surface area contributed by atoms with Crippen LogP contribution in [0.15, 0.2) is 18.2 Å². The molecule has 1 amide bonds. The van der Waals surface area contributed by atoms with Gasteiger partial charge in [-0.25, -0.2) is 0 Å². The highest BCUT2D eigenvalue weighted by Crippen LogP contribution is 2.34. The summed E-state index contributed by atoms with van der Waals surface area (Å²) in [6.45, 7) is 0.414. The molecule has 0 atom stereocenters. The molecular formula is C13H17NO4. The number of phenolic OH excluding ortho intramolecular Hbond substituents is 2. The Hall–Kier alpha value is -1.75. The number of methoxy groups -OCH3 is 1. The largest absolute Gasteiger partial charge is 0.508 e. The van der Waals surface area contributed by atoms with Crippen molar-refractivity contribution in [3.8, 4) is 11.5 Å². The summed E-state index contributed by atoms with van der Waals surface area (Å²) in [4.78, 5) is 11.9. The third-order valence-corrected chi connectivity index (χ3v) is 3.49. The van der Waals surface area contributed by atoms with E-state index in [1.54, 1.807) is 7.11 Å². The summed E-state index contributed by atoms with van der Waals surface area (Å²) in [6.07, 6.45) is 2.95. The van der Waals surface area contributed by atoms with Gasteiger partial charge >= 0.3 is 0 Å². The van der Waals surface area contributed by atoms with Crippen LogP contribution in [0.25, 0.3) is 0 Å². The van der Waals surface area contributed by atoms with E-state index in [1.807, 2.05) is 0 Å². The van der Waals surface area contributed by atoms with Gasteiger partial charge in [-0.3, -0.25) is 4.79 Å². The molecule has 0 spiro atoms. The van der Waals surface area contributed by atoms with Crippen LogP contribution in [0.5, 0.6) is 11.5 Å². The van der Waals surface area contributed by atoms with Gasteiger partial charge in [-0.15, -0.1) is 0 Å². The average Bonchev–Trinajstić information content (AvgIpc) is 2.31. The zero-order chi connectivity index (χ0) is 13.2. The number of phenols is 2. The van der Waals surface area contributed by atoms with Crippen molar-refractivity contribution < 1.29 is 19.7 Å². The highest BCUT2D eigenvalue weighted by molar-refractivity contribution is 5.97. The summed E-state index contributed by atoms with van der Waals surface area (Å²) in [5, 5.41) is 21.6. The number of aromatic hydroxyl groups is 2. The third-order valence-electron chi connectivity index (χ3n) is 3.49. The number of carbonyl (C=O) groups excluding carboxylic acids is 1. The highest BCUT2D eigenvalue weighted by Gasteiger charge is 2.37. The van der Waals surface area contributed by atoms with Crippen molar-refractivity contribution in [3.63, 3.8) is 0 Å². The predicted octanol–water partition coefficient (Wildman–Crippen LogP) is 1.40. The molecule has 18 heavy (non-hydrogen) atoms. The van der Waals surface area contributed by atoms with E-state index in [2.05, 4.69) is 5.32 Å². The Bertz CT molecular complexity index is 449. The number of carbonyl (C=O) groups is 1. The van der Waals surface area contributed by atoms with Crippen LogP contribution in [0.4, 0.5) is 0 Å². The van der Waals surface area contributed by atoms with Crippen molar-refractivity contribution in [1.82, 2.24) is 5.32 Å². The highest BCUT2D eigenvalue weighted by atomic mass is 16.5. The van der Waals surface area contributed by atoms with Crippen LogP contribution < -0.4 is 5.32 Å². The Morgan fingerprint density at radius 1 is 1.44 bits per heavy atom. The summed E-state index contributed by atoms with van der Waals surface area (Å²) < 4.78 is 5.39. The van der Waals surface area contributed by atoms with E-state index in [1.165, 1.54) is 18.2 Å². The molecule has 0 heterocycles. The summed E-state index contributed by atoms with van der Waals surface area (Å²) in [6, 6.07) is 3.86. The molecule has 0 saturated heterocycles. The number of ether oxygens (including phenoxy) is 1. The molecule has 0 aromatic heterocycles. The van der Waals surface area contributed by atoms with Gasteiger partial charge in [0.25, 0.3) is 5.91 Å². The fourth-order valence-corrected chi connectivity index (χ4v) is 2.07. The lowest BCUT2D eigenvalue weighted by Gasteiger charge is -2.40. The van der Waals surface area contributed by atoms with Gasteiger partial charge in [0, 0.05) is 13.7 Å². The smallest absolute Gasteiger partial charge is 0.255 e. The van der Waals surface area contributed by atoms with E-state index in [0.29, 0.717) is 6.54 Å². The molecule has 0 bridgehead atoms. The van der Waals surface area contributed by atoms with Crippen molar-refractivity contribution >= 4 is 5.91 Å². The number of nitrogens with one attached hydrogen (secondary N) is 1. The van der Waals surface area contributed by atoms with E-state index < -0.39 is 5.91 Å². The Balaban J connectivity index is 2.01. The van der Waals surface area contributed by atoms with Gasteiger partial charge in [-0.1, -0.05) is 0 Å². The second-order valence-corrected chi connectivity index (χ2v) is 4.62. The Labute approximate surface area is 105 Å². The number of amides is 1. The van der Waals surface area contributed by atoms with Gasteiger partial charge in [-0.2, -0.15) is 0 Å². The maximum Gasteiger partial charge on any atom is 0.255 e. The Kier molecular flexibility index (Phi) is 3.43. The first-order chi connectivity index (χ1) is 8.56. The number of benzene rings is 1. The maximum absolute atomic E-state index is 11.9. The molecule has 5 heteroatoms. The predicted molar refractivity (Wildman–Crippen MR) is 65.7 cm³/mol. The summed E-state index contributed by atoms with van der Waals surface area (Å²) >= 11 is 0. The van der Waals surface area contributed by atoms with Crippen LogP contribution in [0.3, 0.4) is 0 Å². The first-order valence-electron chi connectivity index (χ1n) is 5.92. The second kappa shape index (κ2) is 4.86. The summed E-state index contributed by atoms with van der Waals surface area (Å²) in [5.41, 5.74) is -0.192. The van der Waals surface area contributed by atoms with E-state index in [0.717, 1.165) is 19.3 Å². The molecule has 2 rings (SSSR count). The maximum atomic E-state index is 11.9. The van der Waals surface area contributed by atoms with Crippen molar-refractivity contribution in [3.05, 3.63) is 23.8 Å². The lowest BCUT2D eigenvalue weighted by atomic mass is 9.80. The quantitative estimate of drug-likeness (QED) is 0.707. The number of hydrogen-bond acceptors (Lipinski definition) is 4. The molecular weight excluding hydrogens is 234 g/mol. The minimum atomic E-state index is -0.410. The average molecular weight is 251 g/mol. The van der Waals surface area contributed by atoms with Crippen LogP contribution in [-0.4, -0.2) is 35.4 Å². The minimum absolute atomic E-state index is 0.0527. The number of rotatable bonds is 4. The first-order valence-corrected chi connectivity index (χ1v) is 5.92. The lowest BCUT2D eigenvalue weighted by molar-refractivity contribution is -0.0679. The Morgan fingerprint density at radius 2 is 2.17 bits per heavy atom. The monoisotopic (exact) mass is 251 g/mol. The topological polar surface area (TPSA) is 78.8 Å². The third kappa shape index (κ3) is 2.41. The Morgan fingerprint density at radius 3 is 2.72 bits per heavy atom. The first kappa shape index (κ1) is 12.7. The normalized spacial score (nSPS) is 16.9. The van der Waals surface area contributed by atoms with E-state index in [4.69, 9.17) is 4.74 Å². The lowest BCUT2D eigenvalue weighted by Crippen LogP contribution is -2.49. The van der Waals surface area contributed by atoms with Gasteiger partial charge in [0.2, 0.25) is 0 Å². The molecule has 1 aliphatic carbocycles. The van der Waals surface area contributed by atoms with Crippen LogP contribution in [0.1, 0.15) is 29.6 Å². The summed E-state index contributed by atoms with van der Waals surface area (Å²) in [5.74, 6) is -0.611. The summed E-state index contributed by atoms with van der Waals surface area (Å²) in [7, 11) is 1.64. The second-order valence-electron chi connectivity index (χ2n) is 4.62. The fraction of sp³-hybridized carbons (Fsp3) is 0.462. The standard InChI is InChI=1S/C13H17NO4/c1-18-13(5-2-6-13)8-14-12(17)10-7-9(15)3-4-11(10)16/h3-4,7,15-16H,2,5-6,8H2,1H3,(H,14,17). The molecule has 1 aromatic rings. The molecule has 0 unspecified atom stereocenters. The zero-order valence-corrected chi connectivity index (χ0v) is 10.3. The molecule has 3 N–H and O–H groups in total. The van der Waals surface area contributed by atoms with Gasteiger partial charge in [0.1, 0.15) is 11.5 Å². The SMILES string of the molecule is COC1(CNC(=O)c2cc(O)ccc2O)CCC1. The van der Waals surface area contributed by atoms with Crippen LogP contribution in [0, 0.1) is 0 Å². The van der Waals surface area contributed by atoms with Gasteiger partial charge < -0.3 is 20.3 Å². The minimum Gasteiger partial charge on any atom is -0.508 e. The molecule has 5 nitrogen and oxygen atoms in total. The van der Waals surface area contributed by atoms with Crippen LogP contribution in [0.2, 0.25) is 0 Å². The van der Waals surface area contributed by atoms with Crippen molar-refractivity contribution in [1.29, 1.82) is 0 Å². The molecule has 1 aliphatic rings. The molecule has 1 saturated carbocycles. The van der Waals surface area contributed by atoms with Crippen LogP contribution >= 0.6 is 0 Å². The van der Waals surface area contributed by atoms with E-state index in [9.17, 15) is 15.0 Å². The molecule has 1 fully saturated rings. The van der Waals surface area contributed by atoms with E-state index in [-0.39, 0.29) is 22.7 Å². The number of hydrogen-bond donors (Lipinski definition) is 3. The molecule has 1 aromatic carbocycles. The fourth-order valence-electron chi connectivity index (χ4n) is 2.07. The van der Waals surface area contributed by atoms with E-state index >= 15 is 0 Å². The van der Waals surface area contributed by atoms with Gasteiger partial charge in [0.05, 0.1) is 11.2 Å².